The third-order valence-electron chi connectivity index (χ3n) is 6.02. The maximum absolute atomic E-state index is 13.5. The van der Waals surface area contributed by atoms with Crippen molar-refractivity contribution in [1.29, 1.82) is 0 Å². The maximum atomic E-state index is 13.5. The Balaban J connectivity index is 1.55. The number of rotatable bonds is 3. The summed E-state index contributed by atoms with van der Waals surface area (Å²) >= 11 is 5.91. The Bertz CT molecular complexity index is 981. The lowest BCUT2D eigenvalue weighted by atomic mass is 10.00. The Morgan fingerprint density at radius 2 is 2.03 bits per heavy atom. The number of fused-ring (bicyclic) bond motifs is 1. The molecule has 3 heterocycles. The first kappa shape index (κ1) is 20.8. The summed E-state index contributed by atoms with van der Waals surface area (Å²) in [6.07, 6.45) is 5.68. The normalized spacial score (nSPS) is 19.4. The molecule has 4 rings (SSSR count). The molecule has 7 heteroatoms. The molecule has 0 spiro atoms. The van der Waals surface area contributed by atoms with Crippen LogP contribution in [0, 0.1) is 11.7 Å². The van der Waals surface area contributed by atoms with Crippen LogP contribution in [0.1, 0.15) is 38.2 Å². The number of hydrogen-bond acceptors (Lipinski definition) is 3. The zero-order valence-corrected chi connectivity index (χ0v) is 17.8. The number of nitrogens with zero attached hydrogens (tertiary/aromatic N) is 3. The maximum Gasteiger partial charge on any atom is 0.242 e. The predicted molar refractivity (Wildman–Crippen MR) is 115 cm³/mol. The van der Waals surface area contributed by atoms with Gasteiger partial charge in [0.1, 0.15) is 18.2 Å². The van der Waals surface area contributed by atoms with Crippen LogP contribution >= 0.6 is 11.6 Å². The van der Waals surface area contributed by atoms with Crippen molar-refractivity contribution in [2.75, 3.05) is 24.5 Å². The molecule has 5 nitrogen and oxygen atoms in total. The van der Waals surface area contributed by atoms with Crippen LogP contribution < -0.4 is 4.90 Å². The highest BCUT2D eigenvalue weighted by Gasteiger charge is 2.29. The molecule has 0 bridgehead atoms. The molecule has 1 atom stereocenters. The molecule has 0 N–H and O–H groups in total. The highest BCUT2D eigenvalue weighted by molar-refractivity contribution is 6.31. The summed E-state index contributed by atoms with van der Waals surface area (Å²) in [5.41, 5.74) is 2.47. The zero-order valence-electron chi connectivity index (χ0n) is 17.0. The Hall–Kier alpha value is -2.47. The van der Waals surface area contributed by atoms with E-state index < -0.39 is 5.82 Å². The number of pyridine rings is 1. The fourth-order valence-corrected chi connectivity index (χ4v) is 4.35. The van der Waals surface area contributed by atoms with Gasteiger partial charge in [-0.3, -0.25) is 14.5 Å². The summed E-state index contributed by atoms with van der Waals surface area (Å²) < 4.78 is 13.5. The first-order valence-corrected chi connectivity index (χ1v) is 10.8. The molecule has 0 radical (unpaired) electrons. The number of aromatic nitrogens is 1. The fourth-order valence-electron chi connectivity index (χ4n) is 4.17. The summed E-state index contributed by atoms with van der Waals surface area (Å²) in [5.74, 6) is 0.593. The van der Waals surface area contributed by atoms with Crippen LogP contribution in [0.3, 0.4) is 0 Å². The average Bonchev–Trinajstić information content (AvgIpc) is 2.96. The van der Waals surface area contributed by atoms with Gasteiger partial charge in [-0.05, 0) is 60.9 Å². The molecule has 1 fully saturated rings. The number of halogens is 2. The summed E-state index contributed by atoms with van der Waals surface area (Å²) in [7, 11) is 0. The van der Waals surface area contributed by atoms with Crippen LogP contribution in [-0.2, 0) is 16.0 Å². The van der Waals surface area contributed by atoms with Gasteiger partial charge in [-0.15, -0.1) is 0 Å². The third-order valence-corrected chi connectivity index (χ3v) is 6.31. The van der Waals surface area contributed by atoms with Crippen molar-refractivity contribution in [3.05, 3.63) is 46.9 Å². The van der Waals surface area contributed by atoms with Crippen molar-refractivity contribution in [2.45, 2.75) is 39.0 Å². The molecular formula is C23H25ClFN3O2. The van der Waals surface area contributed by atoms with E-state index in [4.69, 9.17) is 11.6 Å². The number of carbonyl (C=O) groups excluding carboxylic acids is 2. The van der Waals surface area contributed by atoms with Crippen LogP contribution in [0.2, 0.25) is 5.02 Å². The summed E-state index contributed by atoms with van der Waals surface area (Å²) in [4.78, 5) is 33.4. The van der Waals surface area contributed by atoms with Crippen molar-refractivity contribution in [3.8, 4) is 11.1 Å². The Morgan fingerprint density at radius 1 is 1.20 bits per heavy atom. The lowest BCUT2D eigenvalue weighted by Crippen LogP contribution is -2.45. The molecule has 158 valence electrons. The van der Waals surface area contributed by atoms with E-state index in [-0.39, 0.29) is 23.4 Å². The highest BCUT2D eigenvalue weighted by atomic mass is 35.5. The van der Waals surface area contributed by atoms with Crippen LogP contribution in [0.15, 0.2) is 30.5 Å². The molecule has 30 heavy (non-hydrogen) atoms. The van der Waals surface area contributed by atoms with Crippen molar-refractivity contribution >= 4 is 29.2 Å². The van der Waals surface area contributed by atoms with Crippen molar-refractivity contribution in [3.63, 3.8) is 0 Å². The third kappa shape index (κ3) is 4.33. The van der Waals surface area contributed by atoms with Gasteiger partial charge in [-0.2, -0.15) is 0 Å². The van der Waals surface area contributed by atoms with Crippen LogP contribution in [0.5, 0.6) is 0 Å². The van der Waals surface area contributed by atoms with Gasteiger partial charge in [0.05, 0.1) is 5.02 Å². The number of aryl methyl sites for hydroxylation is 1. The molecule has 2 aliphatic rings. The standard InChI is InChI=1S/C23H25ClFN3O2/c1-15-3-2-9-27(10-8-15)22(30)14-28-21(29)7-5-17-11-18(13-26-23(17)28)16-4-6-20(25)19(24)12-16/h4,6,11-13,15H,2-3,5,7-10,14H2,1H3. The van der Waals surface area contributed by atoms with Crippen molar-refractivity contribution in [2.24, 2.45) is 5.92 Å². The minimum absolute atomic E-state index is 0.0228. The number of amides is 2. The Morgan fingerprint density at radius 3 is 2.83 bits per heavy atom. The minimum Gasteiger partial charge on any atom is -0.341 e. The van der Waals surface area contributed by atoms with Gasteiger partial charge in [-0.1, -0.05) is 24.6 Å². The van der Waals surface area contributed by atoms with E-state index in [9.17, 15) is 14.0 Å². The van der Waals surface area contributed by atoms with Crippen molar-refractivity contribution < 1.29 is 14.0 Å². The lowest BCUT2D eigenvalue weighted by molar-refractivity contribution is -0.131. The Labute approximate surface area is 180 Å². The van der Waals surface area contributed by atoms with Gasteiger partial charge in [-0.25, -0.2) is 9.37 Å². The zero-order chi connectivity index (χ0) is 21.3. The molecule has 1 aromatic carbocycles. The topological polar surface area (TPSA) is 53.5 Å². The average molecular weight is 430 g/mol. The van der Waals surface area contributed by atoms with Gasteiger partial charge in [0, 0.05) is 31.3 Å². The fraction of sp³-hybridized carbons (Fsp3) is 0.435. The van der Waals surface area contributed by atoms with Gasteiger partial charge in [0.15, 0.2) is 0 Å². The molecule has 1 unspecified atom stereocenters. The van der Waals surface area contributed by atoms with E-state index in [1.165, 1.54) is 11.0 Å². The van der Waals surface area contributed by atoms with Gasteiger partial charge in [0.25, 0.3) is 0 Å². The quantitative estimate of drug-likeness (QED) is 0.723. The molecule has 2 aliphatic heterocycles. The second-order valence-corrected chi connectivity index (χ2v) is 8.64. The summed E-state index contributed by atoms with van der Waals surface area (Å²) in [6.45, 7) is 3.73. The molecule has 2 aromatic rings. The second kappa shape index (κ2) is 8.72. The number of anilines is 1. The van der Waals surface area contributed by atoms with Gasteiger partial charge < -0.3 is 4.90 Å². The molecule has 1 saturated heterocycles. The highest BCUT2D eigenvalue weighted by Crippen LogP contribution is 2.31. The van der Waals surface area contributed by atoms with Crippen molar-refractivity contribution in [1.82, 2.24) is 9.88 Å². The monoisotopic (exact) mass is 429 g/mol. The van der Waals surface area contributed by atoms with E-state index in [0.29, 0.717) is 24.6 Å². The smallest absolute Gasteiger partial charge is 0.242 e. The first-order chi connectivity index (χ1) is 14.4. The van der Waals surface area contributed by atoms with Crippen LogP contribution in [0.4, 0.5) is 10.2 Å². The SMILES string of the molecule is CC1CCCN(C(=O)CN2C(=O)CCc3cc(-c4ccc(F)c(Cl)c4)cnc32)CC1. The molecule has 1 aromatic heterocycles. The van der Waals surface area contributed by atoms with Crippen LogP contribution in [0.25, 0.3) is 11.1 Å². The minimum atomic E-state index is -0.468. The first-order valence-electron chi connectivity index (χ1n) is 10.4. The van der Waals surface area contributed by atoms with E-state index in [1.807, 2.05) is 11.0 Å². The molecule has 0 saturated carbocycles. The van der Waals surface area contributed by atoms with E-state index in [2.05, 4.69) is 11.9 Å². The van der Waals surface area contributed by atoms with E-state index >= 15 is 0 Å². The molecular weight excluding hydrogens is 405 g/mol. The second-order valence-electron chi connectivity index (χ2n) is 8.23. The predicted octanol–water partition coefficient (Wildman–Crippen LogP) is 4.47. The Kier molecular flexibility index (Phi) is 6.04. The number of likely N-dealkylation sites (tertiary alicyclic amines) is 1. The summed E-state index contributed by atoms with van der Waals surface area (Å²) in [5, 5.41) is 0.0550. The van der Waals surface area contributed by atoms with Gasteiger partial charge >= 0.3 is 0 Å². The van der Waals surface area contributed by atoms with Gasteiger partial charge in [0.2, 0.25) is 11.8 Å². The largest absolute Gasteiger partial charge is 0.341 e. The number of hydrogen-bond donors (Lipinski definition) is 0. The van der Waals surface area contributed by atoms with Crippen LogP contribution in [-0.4, -0.2) is 41.3 Å². The van der Waals surface area contributed by atoms with E-state index in [0.717, 1.165) is 49.0 Å². The lowest BCUT2D eigenvalue weighted by Gasteiger charge is -2.30. The molecule has 2 amide bonds. The molecule has 0 aliphatic carbocycles. The number of carbonyl (C=O) groups is 2. The summed E-state index contributed by atoms with van der Waals surface area (Å²) in [6, 6.07) is 6.49. The van der Waals surface area contributed by atoms with E-state index in [1.54, 1.807) is 18.3 Å². The number of benzene rings is 1.